The fraction of sp³-hybridized carbons (Fsp3) is 0.250. The zero-order valence-electron chi connectivity index (χ0n) is 12.0. The Morgan fingerprint density at radius 3 is 2.62 bits per heavy atom. The summed E-state index contributed by atoms with van der Waals surface area (Å²) in [6, 6.07) is 7.85. The quantitative estimate of drug-likeness (QED) is 0.430. The fourth-order valence-electron chi connectivity index (χ4n) is 1.62. The number of hydrogen-bond acceptors (Lipinski definition) is 2. The SMILES string of the molecule is C=C(C/C=C\C=C(/C)c1ccccc1SNC)C(F)(F)F. The highest BCUT2D eigenvalue weighted by Gasteiger charge is 2.30. The normalized spacial score (nSPS) is 12.9. The molecular weight excluding hydrogens is 295 g/mol. The Bertz CT molecular complexity index is 545. The van der Waals surface area contributed by atoms with Gasteiger partial charge >= 0.3 is 6.18 Å². The Morgan fingerprint density at radius 2 is 2.00 bits per heavy atom. The first-order valence-corrected chi connectivity index (χ1v) is 7.19. The average molecular weight is 313 g/mol. The molecule has 0 saturated carbocycles. The van der Waals surface area contributed by atoms with Gasteiger partial charge in [-0.3, -0.25) is 4.72 Å². The van der Waals surface area contributed by atoms with Crippen molar-refractivity contribution in [3.05, 3.63) is 60.2 Å². The van der Waals surface area contributed by atoms with Crippen molar-refractivity contribution in [1.29, 1.82) is 0 Å². The molecule has 0 amide bonds. The van der Waals surface area contributed by atoms with E-state index >= 15 is 0 Å². The smallest absolute Gasteiger partial charge is 0.263 e. The van der Waals surface area contributed by atoms with Gasteiger partial charge in [0.25, 0.3) is 0 Å². The van der Waals surface area contributed by atoms with Crippen LogP contribution in [0.5, 0.6) is 0 Å². The zero-order valence-corrected chi connectivity index (χ0v) is 12.8. The molecule has 114 valence electrons. The van der Waals surface area contributed by atoms with E-state index in [-0.39, 0.29) is 6.42 Å². The molecule has 1 aromatic carbocycles. The van der Waals surface area contributed by atoms with E-state index in [1.54, 1.807) is 12.2 Å². The van der Waals surface area contributed by atoms with E-state index in [4.69, 9.17) is 0 Å². The number of alkyl halides is 3. The van der Waals surface area contributed by atoms with Gasteiger partial charge in [0.2, 0.25) is 0 Å². The molecule has 0 saturated heterocycles. The van der Waals surface area contributed by atoms with Gasteiger partial charge in [0, 0.05) is 10.5 Å². The van der Waals surface area contributed by atoms with Crippen molar-refractivity contribution in [3.63, 3.8) is 0 Å². The summed E-state index contributed by atoms with van der Waals surface area (Å²) < 4.78 is 39.9. The van der Waals surface area contributed by atoms with Crippen LogP contribution in [0, 0.1) is 0 Å². The lowest BCUT2D eigenvalue weighted by molar-refractivity contribution is -0.0924. The summed E-state index contributed by atoms with van der Waals surface area (Å²) in [5.74, 6) is 0. The monoisotopic (exact) mass is 313 g/mol. The van der Waals surface area contributed by atoms with Crippen LogP contribution >= 0.6 is 11.9 Å². The summed E-state index contributed by atoms with van der Waals surface area (Å²) >= 11 is 1.50. The molecule has 0 spiro atoms. The molecule has 0 atom stereocenters. The number of rotatable bonds is 6. The molecule has 0 bridgehead atoms. The van der Waals surface area contributed by atoms with Crippen molar-refractivity contribution in [1.82, 2.24) is 4.72 Å². The number of halogens is 3. The Balaban J connectivity index is 2.75. The van der Waals surface area contributed by atoms with Gasteiger partial charge in [0.05, 0.1) is 0 Å². The second-order valence-corrected chi connectivity index (χ2v) is 5.44. The molecule has 1 rings (SSSR count). The van der Waals surface area contributed by atoms with Crippen LogP contribution in [0.3, 0.4) is 0 Å². The van der Waals surface area contributed by atoms with E-state index in [9.17, 15) is 13.2 Å². The topological polar surface area (TPSA) is 12.0 Å². The first kappa shape index (κ1) is 17.6. The Hall–Kier alpha value is -1.46. The summed E-state index contributed by atoms with van der Waals surface area (Å²) in [6.07, 6.45) is 0.387. The molecule has 0 aliphatic rings. The zero-order chi connectivity index (χ0) is 15.9. The summed E-state index contributed by atoms with van der Waals surface area (Å²) in [7, 11) is 1.84. The predicted molar refractivity (Wildman–Crippen MR) is 84.0 cm³/mol. The molecule has 0 unspecified atom stereocenters. The maximum absolute atomic E-state index is 12.3. The molecule has 0 aliphatic carbocycles. The predicted octanol–water partition coefficient (Wildman–Crippen LogP) is 5.38. The van der Waals surface area contributed by atoms with E-state index in [1.807, 2.05) is 38.2 Å². The second-order valence-electron chi connectivity index (χ2n) is 4.39. The maximum Gasteiger partial charge on any atom is 0.412 e. The average Bonchev–Trinajstić information content (AvgIpc) is 2.43. The summed E-state index contributed by atoms with van der Waals surface area (Å²) in [5.41, 5.74) is 1.30. The van der Waals surface area contributed by atoms with Crippen LogP contribution in [0.25, 0.3) is 5.57 Å². The lowest BCUT2D eigenvalue weighted by Gasteiger charge is -2.08. The molecule has 1 N–H and O–H groups in total. The summed E-state index contributed by atoms with van der Waals surface area (Å²) in [4.78, 5) is 1.07. The molecule has 0 aromatic heterocycles. The third-order valence-electron chi connectivity index (χ3n) is 2.77. The number of allylic oxidation sites excluding steroid dienone is 5. The largest absolute Gasteiger partial charge is 0.412 e. The lowest BCUT2D eigenvalue weighted by atomic mass is 10.1. The third-order valence-corrected chi connectivity index (χ3v) is 3.55. The molecule has 0 heterocycles. The fourth-order valence-corrected chi connectivity index (χ4v) is 2.33. The number of benzene rings is 1. The van der Waals surface area contributed by atoms with Crippen molar-refractivity contribution < 1.29 is 13.2 Å². The van der Waals surface area contributed by atoms with Gasteiger partial charge in [-0.1, -0.05) is 43.0 Å². The van der Waals surface area contributed by atoms with Crippen molar-refractivity contribution in [3.8, 4) is 0 Å². The van der Waals surface area contributed by atoms with Crippen molar-refractivity contribution in [2.24, 2.45) is 0 Å². The van der Waals surface area contributed by atoms with Gasteiger partial charge in [-0.25, -0.2) is 0 Å². The minimum atomic E-state index is -4.32. The van der Waals surface area contributed by atoms with Crippen LogP contribution in [0.15, 0.2) is 59.5 Å². The first-order chi connectivity index (χ1) is 9.86. The van der Waals surface area contributed by atoms with Gasteiger partial charge < -0.3 is 0 Å². The molecule has 0 aliphatic heterocycles. The minimum absolute atomic E-state index is 0.194. The molecule has 0 radical (unpaired) electrons. The summed E-state index contributed by atoms with van der Waals surface area (Å²) in [5, 5.41) is 0. The third kappa shape index (κ3) is 5.81. The Labute approximate surface area is 127 Å². The first-order valence-electron chi connectivity index (χ1n) is 6.37. The van der Waals surface area contributed by atoms with E-state index < -0.39 is 11.7 Å². The van der Waals surface area contributed by atoms with Gasteiger partial charge in [-0.05, 0) is 49.5 Å². The molecule has 21 heavy (non-hydrogen) atoms. The Kier molecular flexibility index (Phi) is 6.78. The highest BCUT2D eigenvalue weighted by atomic mass is 32.2. The van der Waals surface area contributed by atoms with E-state index in [0.29, 0.717) is 0 Å². The molecular formula is C16H18F3NS. The van der Waals surface area contributed by atoms with Gasteiger partial charge in [-0.2, -0.15) is 13.2 Å². The van der Waals surface area contributed by atoms with Crippen LogP contribution in [-0.4, -0.2) is 13.2 Å². The summed E-state index contributed by atoms with van der Waals surface area (Å²) in [6.45, 7) is 4.96. The lowest BCUT2D eigenvalue weighted by Crippen LogP contribution is -2.09. The molecule has 1 aromatic rings. The van der Waals surface area contributed by atoms with Crippen LogP contribution in [-0.2, 0) is 0 Å². The van der Waals surface area contributed by atoms with Crippen molar-refractivity contribution in [2.75, 3.05) is 7.05 Å². The number of nitrogens with one attached hydrogen (secondary N) is 1. The Morgan fingerprint density at radius 1 is 1.33 bits per heavy atom. The van der Waals surface area contributed by atoms with Gasteiger partial charge in [-0.15, -0.1) is 0 Å². The highest BCUT2D eigenvalue weighted by Crippen LogP contribution is 2.27. The van der Waals surface area contributed by atoms with E-state index in [2.05, 4.69) is 11.3 Å². The second kappa shape index (κ2) is 8.10. The van der Waals surface area contributed by atoms with Crippen molar-refractivity contribution in [2.45, 2.75) is 24.4 Å². The highest BCUT2D eigenvalue weighted by molar-refractivity contribution is 7.97. The maximum atomic E-state index is 12.3. The number of hydrogen-bond donors (Lipinski definition) is 1. The van der Waals surface area contributed by atoms with Crippen LogP contribution < -0.4 is 4.72 Å². The van der Waals surface area contributed by atoms with Crippen LogP contribution in [0.2, 0.25) is 0 Å². The van der Waals surface area contributed by atoms with E-state index in [1.165, 1.54) is 18.0 Å². The standard InChI is InChI=1S/C16H18F3NS/c1-12(8-4-5-9-13(2)16(17,18)19)14-10-6-7-11-15(14)21-20-3/h4-8,10-11,20H,2,9H2,1,3H3/b5-4-,12-8+. The molecule has 0 fully saturated rings. The molecule has 5 heteroatoms. The van der Waals surface area contributed by atoms with Crippen LogP contribution in [0.1, 0.15) is 18.9 Å². The van der Waals surface area contributed by atoms with Crippen LogP contribution in [0.4, 0.5) is 13.2 Å². The van der Waals surface area contributed by atoms with Crippen molar-refractivity contribution >= 4 is 17.5 Å². The van der Waals surface area contributed by atoms with Gasteiger partial charge in [0.1, 0.15) is 0 Å². The molecule has 1 nitrogen and oxygen atoms in total. The van der Waals surface area contributed by atoms with E-state index in [0.717, 1.165) is 16.0 Å². The van der Waals surface area contributed by atoms with Gasteiger partial charge in [0.15, 0.2) is 0 Å². The minimum Gasteiger partial charge on any atom is -0.263 e.